The molecular weight excluding hydrogens is 462 g/mol. The first kappa shape index (κ1) is 24.7. The molecule has 3 N–H and O–H groups in total. The third-order valence-electron chi connectivity index (χ3n) is 5.89. The van der Waals surface area contributed by atoms with Crippen molar-refractivity contribution in [3.63, 3.8) is 0 Å². The number of H-pyrrole nitrogens is 1. The lowest BCUT2D eigenvalue weighted by atomic mass is 9.75. The van der Waals surface area contributed by atoms with Crippen LogP contribution in [0.1, 0.15) is 54.6 Å². The highest BCUT2D eigenvalue weighted by molar-refractivity contribution is 6.31. The van der Waals surface area contributed by atoms with Crippen molar-refractivity contribution in [1.82, 2.24) is 9.97 Å². The number of aromatic amines is 1. The Balaban J connectivity index is 0.000000194. The van der Waals surface area contributed by atoms with E-state index >= 15 is 0 Å². The quantitative estimate of drug-likeness (QED) is 0.377. The third-order valence-corrected chi connectivity index (χ3v) is 6.28. The number of fused-ring (bicyclic) bond motifs is 1. The number of rotatable bonds is 3. The fourth-order valence-corrected chi connectivity index (χ4v) is 4.42. The summed E-state index contributed by atoms with van der Waals surface area (Å²) >= 11 is 5.79. The number of pyridine rings is 2. The van der Waals surface area contributed by atoms with E-state index in [1.807, 2.05) is 0 Å². The number of nitrogens with one attached hydrogen (secondary N) is 1. The molecule has 2 heterocycles. The van der Waals surface area contributed by atoms with Gasteiger partial charge in [0.25, 0.3) is 11.8 Å². The van der Waals surface area contributed by atoms with Crippen LogP contribution < -0.4 is 11.2 Å². The summed E-state index contributed by atoms with van der Waals surface area (Å²) < 4.78 is 53.7. The minimum Gasteiger partial charge on any atom is -0.364 e. The lowest BCUT2D eigenvalue weighted by Gasteiger charge is -2.36. The molecule has 1 fully saturated rings. The molecule has 0 saturated heterocycles. The number of nitrogens with two attached hydrogens (primary N) is 1. The molecule has 2 atom stereocenters. The molecule has 2 unspecified atom stereocenters. The van der Waals surface area contributed by atoms with E-state index in [1.165, 1.54) is 24.5 Å². The summed E-state index contributed by atoms with van der Waals surface area (Å²) in [6, 6.07) is 5.35. The summed E-state index contributed by atoms with van der Waals surface area (Å²) in [4.78, 5) is 29.0. The van der Waals surface area contributed by atoms with Crippen molar-refractivity contribution in [2.75, 3.05) is 0 Å². The maximum atomic E-state index is 13.6. The molecule has 1 saturated carbocycles. The van der Waals surface area contributed by atoms with Crippen LogP contribution in [-0.2, 0) is 0 Å². The monoisotopic (exact) mass is 483 g/mol. The third kappa shape index (κ3) is 5.19. The van der Waals surface area contributed by atoms with Gasteiger partial charge in [0.1, 0.15) is 5.69 Å². The van der Waals surface area contributed by atoms with Gasteiger partial charge in [-0.3, -0.25) is 14.6 Å². The maximum absolute atomic E-state index is 13.6. The topological polar surface area (TPSA) is 88.8 Å². The predicted octanol–water partition coefficient (Wildman–Crippen LogP) is 5.57. The van der Waals surface area contributed by atoms with Crippen LogP contribution in [0.2, 0.25) is 5.02 Å². The number of hydrogen-bond donors (Lipinski definition) is 2. The second-order valence-electron chi connectivity index (χ2n) is 7.89. The number of primary amides is 1. The Bertz CT molecular complexity index is 1230. The van der Waals surface area contributed by atoms with E-state index in [0.717, 1.165) is 6.07 Å². The van der Waals surface area contributed by atoms with Crippen molar-refractivity contribution < 1.29 is 22.4 Å². The highest BCUT2D eigenvalue weighted by atomic mass is 35.5. The molecule has 1 aliphatic rings. The fourth-order valence-electron chi connectivity index (χ4n) is 4.12. The Kier molecular flexibility index (Phi) is 7.41. The van der Waals surface area contributed by atoms with Crippen LogP contribution in [0.5, 0.6) is 0 Å². The Morgan fingerprint density at radius 1 is 1.27 bits per heavy atom. The van der Waals surface area contributed by atoms with Crippen molar-refractivity contribution in [2.45, 2.75) is 44.4 Å². The van der Waals surface area contributed by atoms with Gasteiger partial charge in [0.15, 0.2) is 17.1 Å². The van der Waals surface area contributed by atoms with Gasteiger partial charge in [-0.25, -0.2) is 17.6 Å². The molecule has 33 heavy (non-hydrogen) atoms. The van der Waals surface area contributed by atoms with Gasteiger partial charge in [0.05, 0.1) is 15.9 Å². The van der Waals surface area contributed by atoms with Gasteiger partial charge < -0.3 is 10.7 Å². The standard InChI is InChI=1S/C14H15ClF4.C9H7N3O2/c1-2-9-7-8(5-6-14(9,18)19)10-3-4-11(16)13(17)12(10)15;10-9(14)8-7-5(1-3-12-8)11-4-2-6(7)13/h3-4,8-9H,2,5-7H2,1H3;1-4H,(H2,10,14)(H,11,13). The van der Waals surface area contributed by atoms with Crippen LogP contribution >= 0.6 is 11.6 Å². The van der Waals surface area contributed by atoms with E-state index in [-0.39, 0.29) is 46.7 Å². The number of nitrogens with zero attached hydrogens (tertiary/aromatic N) is 1. The van der Waals surface area contributed by atoms with E-state index in [4.69, 9.17) is 17.3 Å². The summed E-state index contributed by atoms with van der Waals surface area (Å²) in [6.07, 6.45) is 3.58. The molecule has 0 radical (unpaired) electrons. The van der Waals surface area contributed by atoms with Crippen LogP contribution in [-0.4, -0.2) is 21.8 Å². The number of hydrogen-bond acceptors (Lipinski definition) is 3. The van der Waals surface area contributed by atoms with Crippen LogP contribution in [0.4, 0.5) is 17.6 Å². The van der Waals surface area contributed by atoms with Crippen LogP contribution in [0.15, 0.2) is 41.5 Å². The van der Waals surface area contributed by atoms with Gasteiger partial charge in [-0.2, -0.15) is 0 Å². The molecule has 2 aromatic heterocycles. The molecule has 4 rings (SSSR count). The summed E-state index contributed by atoms with van der Waals surface area (Å²) in [5, 5.41) is -0.0347. The Morgan fingerprint density at radius 3 is 2.67 bits per heavy atom. The zero-order valence-corrected chi connectivity index (χ0v) is 18.4. The fraction of sp³-hybridized carbons (Fsp3) is 0.348. The molecule has 0 aliphatic heterocycles. The van der Waals surface area contributed by atoms with Gasteiger partial charge in [0, 0.05) is 30.8 Å². The van der Waals surface area contributed by atoms with Crippen molar-refractivity contribution in [3.8, 4) is 0 Å². The summed E-state index contributed by atoms with van der Waals surface area (Å²) in [5.74, 6) is -6.43. The molecule has 1 aliphatic carbocycles. The molecule has 0 bridgehead atoms. The second-order valence-corrected chi connectivity index (χ2v) is 8.27. The van der Waals surface area contributed by atoms with Crippen molar-refractivity contribution in [3.05, 3.63) is 74.8 Å². The minimum absolute atomic E-state index is 0.00403. The number of aromatic nitrogens is 2. The molecular formula is C23H22ClF4N3O2. The van der Waals surface area contributed by atoms with E-state index in [9.17, 15) is 27.2 Å². The average Bonchev–Trinajstić information content (AvgIpc) is 2.78. The zero-order valence-electron chi connectivity index (χ0n) is 17.7. The lowest BCUT2D eigenvalue weighted by Crippen LogP contribution is -2.34. The smallest absolute Gasteiger partial charge is 0.268 e. The van der Waals surface area contributed by atoms with Crippen LogP contribution in [0.25, 0.3) is 10.9 Å². The minimum atomic E-state index is -2.67. The highest BCUT2D eigenvalue weighted by Crippen LogP contribution is 2.47. The highest BCUT2D eigenvalue weighted by Gasteiger charge is 2.44. The summed E-state index contributed by atoms with van der Waals surface area (Å²) in [5.41, 5.74) is 5.83. The van der Waals surface area contributed by atoms with Crippen molar-refractivity contribution in [2.24, 2.45) is 11.7 Å². The number of halogens is 5. The summed E-state index contributed by atoms with van der Waals surface area (Å²) in [6.45, 7) is 1.72. The predicted molar refractivity (Wildman–Crippen MR) is 118 cm³/mol. The second kappa shape index (κ2) is 9.91. The van der Waals surface area contributed by atoms with E-state index in [1.54, 1.807) is 13.0 Å². The van der Waals surface area contributed by atoms with Crippen molar-refractivity contribution in [1.29, 1.82) is 0 Å². The SMILES string of the molecule is CCC1CC(c2ccc(F)c(F)c2Cl)CCC1(F)F.NC(=O)c1nccc2[nH]ccc(=O)c12. The van der Waals surface area contributed by atoms with Gasteiger partial charge >= 0.3 is 0 Å². The van der Waals surface area contributed by atoms with Gasteiger partial charge in [-0.1, -0.05) is 24.6 Å². The summed E-state index contributed by atoms with van der Waals surface area (Å²) in [7, 11) is 0. The van der Waals surface area contributed by atoms with E-state index in [2.05, 4.69) is 9.97 Å². The Morgan fingerprint density at radius 2 is 2.00 bits per heavy atom. The normalized spacial score (nSPS) is 19.6. The Hall–Kier alpha value is -2.94. The van der Waals surface area contributed by atoms with Crippen LogP contribution in [0.3, 0.4) is 0 Å². The van der Waals surface area contributed by atoms with Gasteiger partial charge in [0.2, 0.25) is 0 Å². The number of carbonyl (C=O) groups excluding carboxylic acids is 1. The first-order chi connectivity index (χ1) is 15.6. The molecule has 3 aromatic rings. The molecule has 1 amide bonds. The number of alkyl halides is 2. The number of benzene rings is 1. The number of amides is 1. The first-order valence-corrected chi connectivity index (χ1v) is 10.7. The van der Waals surface area contributed by atoms with E-state index < -0.39 is 29.4 Å². The molecule has 10 heteroatoms. The largest absolute Gasteiger partial charge is 0.364 e. The van der Waals surface area contributed by atoms with Gasteiger partial charge in [-0.15, -0.1) is 0 Å². The average molecular weight is 484 g/mol. The van der Waals surface area contributed by atoms with E-state index in [0.29, 0.717) is 17.5 Å². The zero-order chi connectivity index (χ0) is 24.3. The molecule has 1 aromatic carbocycles. The van der Waals surface area contributed by atoms with Crippen LogP contribution in [0, 0.1) is 17.6 Å². The maximum Gasteiger partial charge on any atom is 0.268 e. The lowest BCUT2D eigenvalue weighted by molar-refractivity contribution is -0.0911. The van der Waals surface area contributed by atoms with Crippen molar-refractivity contribution >= 4 is 28.4 Å². The molecule has 176 valence electrons. The Labute approximate surface area is 192 Å². The number of carbonyl (C=O) groups is 1. The molecule has 5 nitrogen and oxygen atoms in total. The van der Waals surface area contributed by atoms with Gasteiger partial charge in [-0.05, 0) is 42.9 Å². The first-order valence-electron chi connectivity index (χ1n) is 10.3. The molecule has 0 spiro atoms.